The molecule has 0 aromatic rings. The van der Waals surface area contributed by atoms with Crippen LogP contribution in [0.15, 0.2) is 24.3 Å². The van der Waals surface area contributed by atoms with Gasteiger partial charge in [-0.15, -0.1) is 0 Å². The van der Waals surface area contributed by atoms with Gasteiger partial charge in [-0.25, -0.2) is 4.89 Å². The van der Waals surface area contributed by atoms with E-state index in [1.165, 1.54) is 19.3 Å². The average molecular weight is 312 g/mol. The normalized spacial score (nSPS) is 13.2. The Morgan fingerprint density at radius 2 is 1.82 bits per heavy atom. The van der Waals surface area contributed by atoms with Crippen LogP contribution in [0, 0.1) is 0 Å². The van der Waals surface area contributed by atoms with E-state index >= 15 is 0 Å². The number of carboxylic acid groups (broad SMARTS) is 1. The highest BCUT2D eigenvalue weighted by atomic mass is 17.1. The topological polar surface area (TPSA) is 66.8 Å². The van der Waals surface area contributed by atoms with Gasteiger partial charge in [0.1, 0.15) is 6.10 Å². The van der Waals surface area contributed by atoms with E-state index in [1.807, 2.05) is 12.2 Å². The van der Waals surface area contributed by atoms with Crippen LogP contribution in [0.25, 0.3) is 0 Å². The molecule has 1 atom stereocenters. The maximum Gasteiger partial charge on any atom is 0.303 e. The third kappa shape index (κ3) is 15.3. The van der Waals surface area contributed by atoms with E-state index in [4.69, 9.17) is 10.4 Å². The largest absolute Gasteiger partial charge is 0.481 e. The van der Waals surface area contributed by atoms with Gasteiger partial charge in [-0.3, -0.25) is 10.1 Å². The standard InChI is InChI=1S/C18H32O4/c1-2-3-4-5-6-7-8-11-14-17(22-21)15-12-9-10-13-16-18(19)20/h6-7,11,14,17,21H,2-5,8-10,12-13,15-16H2,1H3,(H,19,20). The highest BCUT2D eigenvalue weighted by Crippen LogP contribution is 2.10. The van der Waals surface area contributed by atoms with Crippen LogP contribution in [-0.2, 0) is 9.68 Å². The summed E-state index contributed by atoms with van der Waals surface area (Å²) in [6.07, 6.45) is 18.3. The van der Waals surface area contributed by atoms with Crippen LogP contribution in [0.3, 0.4) is 0 Å². The molecule has 128 valence electrons. The minimum Gasteiger partial charge on any atom is -0.481 e. The lowest BCUT2D eigenvalue weighted by atomic mass is 10.1. The second-order valence-electron chi connectivity index (χ2n) is 5.62. The van der Waals surface area contributed by atoms with Gasteiger partial charge in [-0.05, 0) is 32.1 Å². The van der Waals surface area contributed by atoms with Crippen molar-refractivity contribution >= 4 is 5.97 Å². The van der Waals surface area contributed by atoms with Gasteiger partial charge >= 0.3 is 5.97 Å². The summed E-state index contributed by atoms with van der Waals surface area (Å²) in [5.41, 5.74) is 0. The van der Waals surface area contributed by atoms with Gasteiger partial charge in [-0.1, -0.05) is 63.3 Å². The Morgan fingerprint density at radius 3 is 2.50 bits per heavy atom. The minimum atomic E-state index is -0.734. The molecule has 4 heteroatoms. The van der Waals surface area contributed by atoms with Gasteiger partial charge in [-0.2, -0.15) is 0 Å². The van der Waals surface area contributed by atoms with Crippen LogP contribution in [-0.4, -0.2) is 22.4 Å². The van der Waals surface area contributed by atoms with Crippen LogP contribution in [0.2, 0.25) is 0 Å². The van der Waals surface area contributed by atoms with E-state index in [9.17, 15) is 4.79 Å². The van der Waals surface area contributed by atoms with Crippen LogP contribution in [0.4, 0.5) is 0 Å². The number of aliphatic carboxylic acids is 1. The number of unbranched alkanes of at least 4 members (excludes halogenated alkanes) is 6. The predicted molar refractivity (Wildman–Crippen MR) is 89.9 cm³/mol. The van der Waals surface area contributed by atoms with E-state index in [2.05, 4.69) is 24.0 Å². The first-order valence-electron chi connectivity index (χ1n) is 8.54. The summed E-state index contributed by atoms with van der Waals surface area (Å²) in [6, 6.07) is 0. The molecule has 0 saturated carbocycles. The number of hydrogen-bond donors (Lipinski definition) is 2. The number of allylic oxidation sites excluding steroid dienone is 3. The summed E-state index contributed by atoms with van der Waals surface area (Å²) in [7, 11) is 0. The lowest BCUT2D eigenvalue weighted by Crippen LogP contribution is -2.06. The van der Waals surface area contributed by atoms with Crippen LogP contribution < -0.4 is 0 Å². The SMILES string of the molecule is CCCCCC=CCC=CC(CCCCCCC(=O)O)OO. The molecule has 0 heterocycles. The quantitative estimate of drug-likeness (QED) is 0.185. The molecule has 0 spiro atoms. The molecule has 22 heavy (non-hydrogen) atoms. The molecule has 2 N–H and O–H groups in total. The summed E-state index contributed by atoms with van der Waals surface area (Å²) < 4.78 is 0. The molecule has 4 nitrogen and oxygen atoms in total. The fourth-order valence-electron chi connectivity index (χ4n) is 2.19. The molecule has 0 aliphatic carbocycles. The van der Waals surface area contributed by atoms with E-state index in [0.29, 0.717) is 0 Å². The molecule has 0 aromatic heterocycles. The zero-order valence-corrected chi connectivity index (χ0v) is 13.9. The zero-order valence-electron chi connectivity index (χ0n) is 13.9. The summed E-state index contributed by atoms with van der Waals surface area (Å²) >= 11 is 0. The Morgan fingerprint density at radius 1 is 1.05 bits per heavy atom. The van der Waals surface area contributed by atoms with E-state index in [0.717, 1.165) is 44.9 Å². The molecule has 0 amide bonds. The van der Waals surface area contributed by atoms with Gasteiger partial charge in [0.2, 0.25) is 0 Å². The van der Waals surface area contributed by atoms with Crippen molar-refractivity contribution in [3.63, 3.8) is 0 Å². The van der Waals surface area contributed by atoms with Crippen LogP contribution in [0.1, 0.15) is 77.6 Å². The van der Waals surface area contributed by atoms with Gasteiger partial charge in [0.15, 0.2) is 0 Å². The molecule has 0 fully saturated rings. The van der Waals surface area contributed by atoms with Gasteiger partial charge in [0, 0.05) is 6.42 Å². The van der Waals surface area contributed by atoms with Crippen molar-refractivity contribution in [1.82, 2.24) is 0 Å². The number of carboxylic acids is 1. The van der Waals surface area contributed by atoms with Crippen LogP contribution >= 0.6 is 0 Å². The summed E-state index contributed by atoms with van der Waals surface area (Å²) in [5, 5.41) is 17.4. The van der Waals surface area contributed by atoms with Crippen LogP contribution in [0.5, 0.6) is 0 Å². The Bertz CT molecular complexity index is 310. The Balaban J connectivity index is 3.60. The van der Waals surface area contributed by atoms with E-state index in [1.54, 1.807) is 0 Å². The monoisotopic (exact) mass is 312 g/mol. The number of rotatable bonds is 15. The second kappa shape index (κ2) is 16.2. The fourth-order valence-corrected chi connectivity index (χ4v) is 2.19. The van der Waals surface area contributed by atoms with Gasteiger partial charge in [0.25, 0.3) is 0 Å². The zero-order chi connectivity index (χ0) is 16.5. The molecule has 0 aliphatic rings. The maximum atomic E-state index is 10.4. The Kier molecular flexibility index (Phi) is 15.4. The lowest BCUT2D eigenvalue weighted by Gasteiger charge is -2.08. The third-order valence-corrected chi connectivity index (χ3v) is 3.53. The summed E-state index contributed by atoms with van der Waals surface area (Å²) in [4.78, 5) is 14.8. The fraction of sp³-hybridized carbons (Fsp3) is 0.722. The number of hydrogen-bond acceptors (Lipinski definition) is 3. The second-order valence-corrected chi connectivity index (χ2v) is 5.62. The first-order valence-corrected chi connectivity index (χ1v) is 8.54. The molecule has 0 bridgehead atoms. The molecular weight excluding hydrogens is 280 g/mol. The van der Waals surface area contributed by atoms with Crippen molar-refractivity contribution in [2.45, 2.75) is 83.7 Å². The highest BCUT2D eigenvalue weighted by molar-refractivity contribution is 5.66. The van der Waals surface area contributed by atoms with Crippen molar-refractivity contribution in [2.24, 2.45) is 0 Å². The number of carbonyl (C=O) groups is 1. The van der Waals surface area contributed by atoms with Crippen molar-refractivity contribution < 1.29 is 20.0 Å². The van der Waals surface area contributed by atoms with Crippen molar-refractivity contribution in [2.75, 3.05) is 0 Å². The van der Waals surface area contributed by atoms with Crippen molar-refractivity contribution in [3.8, 4) is 0 Å². The molecular formula is C18H32O4. The van der Waals surface area contributed by atoms with Crippen molar-refractivity contribution in [3.05, 3.63) is 24.3 Å². The maximum absolute atomic E-state index is 10.4. The molecule has 0 saturated heterocycles. The smallest absolute Gasteiger partial charge is 0.303 e. The Labute approximate surface area is 134 Å². The predicted octanol–water partition coefficient (Wildman–Crippen LogP) is 5.35. The lowest BCUT2D eigenvalue weighted by molar-refractivity contribution is -0.267. The minimum absolute atomic E-state index is 0.240. The first-order chi connectivity index (χ1) is 10.7. The molecule has 0 rings (SSSR count). The average Bonchev–Trinajstić information content (AvgIpc) is 2.50. The molecule has 0 aliphatic heterocycles. The van der Waals surface area contributed by atoms with Gasteiger partial charge < -0.3 is 5.11 Å². The van der Waals surface area contributed by atoms with E-state index < -0.39 is 5.97 Å². The molecule has 0 aromatic carbocycles. The van der Waals surface area contributed by atoms with E-state index in [-0.39, 0.29) is 12.5 Å². The summed E-state index contributed by atoms with van der Waals surface area (Å²) in [6.45, 7) is 2.20. The van der Waals surface area contributed by atoms with Crippen molar-refractivity contribution in [1.29, 1.82) is 0 Å². The summed E-state index contributed by atoms with van der Waals surface area (Å²) in [5.74, 6) is -0.734. The first kappa shape index (κ1) is 20.9. The third-order valence-electron chi connectivity index (χ3n) is 3.53. The Hall–Kier alpha value is -1.13. The molecule has 0 radical (unpaired) electrons. The highest BCUT2D eigenvalue weighted by Gasteiger charge is 2.04. The van der Waals surface area contributed by atoms with Gasteiger partial charge in [0.05, 0.1) is 0 Å². The molecule has 1 unspecified atom stereocenters.